The Morgan fingerprint density at radius 1 is 1.25 bits per heavy atom. The minimum Gasteiger partial charge on any atom is -0.393 e. The summed E-state index contributed by atoms with van der Waals surface area (Å²) < 4.78 is 13.8. The van der Waals surface area contributed by atoms with Gasteiger partial charge in [0.05, 0.1) is 17.4 Å². The lowest BCUT2D eigenvalue weighted by Crippen LogP contribution is -2.30. The van der Waals surface area contributed by atoms with Crippen molar-refractivity contribution in [3.63, 3.8) is 0 Å². The first-order chi connectivity index (χ1) is 11.5. The van der Waals surface area contributed by atoms with Crippen LogP contribution in [0.25, 0.3) is 0 Å². The van der Waals surface area contributed by atoms with Crippen molar-refractivity contribution in [1.82, 2.24) is 10.3 Å². The number of carbonyl (C=O) groups excluding carboxylic acids is 1. The first kappa shape index (κ1) is 17.9. The first-order valence-electron chi connectivity index (χ1n) is 7.90. The fourth-order valence-electron chi connectivity index (χ4n) is 2.41. The van der Waals surface area contributed by atoms with Crippen LogP contribution in [-0.4, -0.2) is 28.6 Å². The monoisotopic (exact) mass is 331 g/mol. The predicted octanol–water partition coefficient (Wildman–Crippen LogP) is 3.10. The number of aliphatic hydroxyl groups excluding tert-OH is 1. The molecule has 6 heteroatoms. The van der Waals surface area contributed by atoms with Gasteiger partial charge in [0.2, 0.25) is 0 Å². The number of benzene rings is 1. The van der Waals surface area contributed by atoms with E-state index in [9.17, 15) is 14.3 Å². The minimum atomic E-state index is -0.417. The summed E-state index contributed by atoms with van der Waals surface area (Å²) in [6.07, 6.45) is 1.73. The van der Waals surface area contributed by atoms with Crippen molar-refractivity contribution in [2.24, 2.45) is 5.92 Å². The minimum absolute atomic E-state index is 0.147. The first-order valence-corrected chi connectivity index (χ1v) is 7.90. The van der Waals surface area contributed by atoms with E-state index in [2.05, 4.69) is 15.6 Å². The Hall–Kier alpha value is -2.47. The van der Waals surface area contributed by atoms with Gasteiger partial charge in [-0.25, -0.2) is 9.37 Å². The van der Waals surface area contributed by atoms with E-state index in [1.807, 2.05) is 6.92 Å². The third-order valence-corrected chi connectivity index (χ3v) is 3.53. The van der Waals surface area contributed by atoms with Crippen LogP contribution in [0.3, 0.4) is 0 Å². The van der Waals surface area contributed by atoms with E-state index >= 15 is 0 Å². The molecule has 0 aliphatic rings. The molecule has 2 unspecified atom stereocenters. The van der Waals surface area contributed by atoms with Gasteiger partial charge >= 0.3 is 0 Å². The summed E-state index contributed by atoms with van der Waals surface area (Å²) in [6.45, 7) is 4.11. The molecule has 2 atom stereocenters. The van der Waals surface area contributed by atoms with Crippen LogP contribution in [-0.2, 0) is 0 Å². The van der Waals surface area contributed by atoms with E-state index in [0.29, 0.717) is 24.3 Å². The molecular weight excluding hydrogens is 309 g/mol. The Bertz CT molecular complexity index is 691. The van der Waals surface area contributed by atoms with Crippen LogP contribution in [0.15, 0.2) is 42.6 Å². The number of amides is 1. The maximum atomic E-state index is 13.8. The molecule has 1 heterocycles. The van der Waals surface area contributed by atoms with Gasteiger partial charge in [-0.3, -0.25) is 4.79 Å². The van der Waals surface area contributed by atoms with Crippen LogP contribution < -0.4 is 10.6 Å². The number of hydrogen-bond donors (Lipinski definition) is 3. The molecule has 1 amide bonds. The van der Waals surface area contributed by atoms with Gasteiger partial charge in [-0.2, -0.15) is 0 Å². The number of halogens is 1. The molecule has 5 nitrogen and oxygen atoms in total. The highest BCUT2D eigenvalue weighted by molar-refractivity contribution is 5.99. The van der Waals surface area contributed by atoms with E-state index in [1.54, 1.807) is 37.3 Å². The quantitative estimate of drug-likeness (QED) is 0.729. The van der Waals surface area contributed by atoms with Crippen LogP contribution in [0, 0.1) is 11.7 Å². The second kappa shape index (κ2) is 8.40. The fourth-order valence-corrected chi connectivity index (χ4v) is 2.41. The number of carbonyl (C=O) groups is 1. The Morgan fingerprint density at radius 3 is 2.71 bits per heavy atom. The number of aromatic nitrogens is 1. The van der Waals surface area contributed by atoms with Crippen molar-refractivity contribution in [1.29, 1.82) is 0 Å². The highest BCUT2D eigenvalue weighted by Gasteiger charge is 2.15. The summed E-state index contributed by atoms with van der Waals surface area (Å²) in [6, 6.07) is 9.49. The maximum absolute atomic E-state index is 13.8. The number of nitrogens with zero attached hydrogens (tertiary/aromatic N) is 1. The summed E-state index contributed by atoms with van der Waals surface area (Å²) in [7, 11) is 0. The number of hydrogen-bond acceptors (Lipinski definition) is 4. The van der Waals surface area contributed by atoms with Crippen molar-refractivity contribution >= 4 is 17.4 Å². The lowest BCUT2D eigenvalue weighted by Gasteiger charge is -2.15. The van der Waals surface area contributed by atoms with Crippen molar-refractivity contribution < 1.29 is 14.3 Å². The number of para-hydroxylation sites is 1. The summed E-state index contributed by atoms with van der Waals surface area (Å²) in [4.78, 5) is 16.5. The van der Waals surface area contributed by atoms with E-state index in [4.69, 9.17) is 0 Å². The van der Waals surface area contributed by atoms with Gasteiger partial charge in [-0.15, -0.1) is 0 Å². The highest BCUT2D eigenvalue weighted by atomic mass is 19.1. The van der Waals surface area contributed by atoms with Gasteiger partial charge in [-0.05, 0) is 43.5 Å². The molecule has 0 saturated heterocycles. The molecule has 24 heavy (non-hydrogen) atoms. The average molecular weight is 331 g/mol. The number of aliphatic hydroxyl groups is 1. The van der Waals surface area contributed by atoms with Gasteiger partial charge in [0, 0.05) is 12.7 Å². The molecule has 0 bridgehead atoms. The molecule has 3 N–H and O–H groups in total. The molecule has 2 aromatic rings. The van der Waals surface area contributed by atoms with E-state index in [1.165, 1.54) is 12.3 Å². The van der Waals surface area contributed by atoms with Crippen LogP contribution in [0.5, 0.6) is 0 Å². The standard InChI is InChI=1S/C18H22FN3O2/c1-12(10-13(2)23)11-21-18(24)14-6-5-9-20-17(14)22-16-8-4-3-7-15(16)19/h3-9,12-13,23H,10-11H2,1-2H3,(H,20,22)(H,21,24). The van der Waals surface area contributed by atoms with Crippen LogP contribution >= 0.6 is 0 Å². The molecule has 0 fully saturated rings. The van der Waals surface area contributed by atoms with Gasteiger partial charge in [0.15, 0.2) is 0 Å². The molecule has 0 spiro atoms. The second-order valence-electron chi connectivity index (χ2n) is 5.90. The molecule has 2 rings (SSSR count). The van der Waals surface area contributed by atoms with E-state index in [-0.39, 0.29) is 17.5 Å². The largest absolute Gasteiger partial charge is 0.393 e. The van der Waals surface area contributed by atoms with Gasteiger partial charge in [-0.1, -0.05) is 19.1 Å². The second-order valence-corrected chi connectivity index (χ2v) is 5.90. The van der Waals surface area contributed by atoms with Crippen LogP contribution in [0.4, 0.5) is 15.9 Å². The summed E-state index contributed by atoms with van der Waals surface area (Å²) >= 11 is 0. The lowest BCUT2D eigenvalue weighted by atomic mass is 10.0. The van der Waals surface area contributed by atoms with Crippen molar-refractivity contribution in [2.45, 2.75) is 26.4 Å². The van der Waals surface area contributed by atoms with Gasteiger partial charge in [0.25, 0.3) is 5.91 Å². The van der Waals surface area contributed by atoms with Crippen molar-refractivity contribution in [2.75, 3.05) is 11.9 Å². The van der Waals surface area contributed by atoms with Gasteiger partial charge in [0.1, 0.15) is 11.6 Å². The lowest BCUT2D eigenvalue weighted by molar-refractivity contribution is 0.0940. The Kier molecular flexibility index (Phi) is 6.26. The molecule has 1 aromatic heterocycles. The smallest absolute Gasteiger partial charge is 0.255 e. The summed E-state index contributed by atoms with van der Waals surface area (Å²) in [5.74, 6) is -0.267. The predicted molar refractivity (Wildman–Crippen MR) is 91.7 cm³/mol. The zero-order valence-corrected chi connectivity index (χ0v) is 13.8. The number of nitrogens with one attached hydrogen (secondary N) is 2. The summed E-state index contributed by atoms with van der Waals surface area (Å²) in [5, 5.41) is 15.0. The molecular formula is C18H22FN3O2. The molecule has 0 aliphatic carbocycles. The Labute approximate surface area is 140 Å². The topological polar surface area (TPSA) is 74.2 Å². The molecule has 128 valence electrons. The fraction of sp³-hybridized carbons (Fsp3) is 0.333. The summed E-state index contributed by atoms with van der Waals surface area (Å²) in [5.41, 5.74) is 0.595. The number of pyridine rings is 1. The third-order valence-electron chi connectivity index (χ3n) is 3.53. The SMILES string of the molecule is CC(O)CC(C)CNC(=O)c1cccnc1Nc1ccccc1F. The van der Waals surface area contributed by atoms with Gasteiger partial charge < -0.3 is 15.7 Å². The van der Waals surface area contributed by atoms with Crippen molar-refractivity contribution in [3.8, 4) is 0 Å². The van der Waals surface area contributed by atoms with Crippen LogP contribution in [0.2, 0.25) is 0 Å². The number of anilines is 2. The maximum Gasteiger partial charge on any atom is 0.255 e. The Morgan fingerprint density at radius 2 is 2.00 bits per heavy atom. The molecule has 0 saturated carbocycles. The van der Waals surface area contributed by atoms with Crippen LogP contribution in [0.1, 0.15) is 30.6 Å². The highest BCUT2D eigenvalue weighted by Crippen LogP contribution is 2.21. The molecule has 0 aliphatic heterocycles. The third kappa shape index (κ3) is 5.03. The molecule has 0 radical (unpaired) electrons. The molecule has 1 aromatic carbocycles. The Balaban J connectivity index is 2.08. The average Bonchev–Trinajstić information content (AvgIpc) is 2.54. The van der Waals surface area contributed by atoms with Crippen molar-refractivity contribution in [3.05, 3.63) is 54.0 Å². The van der Waals surface area contributed by atoms with E-state index < -0.39 is 11.9 Å². The zero-order valence-electron chi connectivity index (χ0n) is 13.8. The normalized spacial score (nSPS) is 13.2. The van der Waals surface area contributed by atoms with E-state index in [0.717, 1.165) is 0 Å². The number of rotatable bonds is 7. The zero-order chi connectivity index (χ0) is 17.5.